The summed E-state index contributed by atoms with van der Waals surface area (Å²) in [7, 11) is 1.29. The zero-order valence-corrected chi connectivity index (χ0v) is 12.0. The second-order valence-corrected chi connectivity index (χ2v) is 5.79. The van der Waals surface area contributed by atoms with Crippen LogP contribution in [0.4, 0.5) is 4.79 Å². The van der Waals surface area contributed by atoms with Crippen molar-refractivity contribution in [3.05, 3.63) is 0 Å². The Balaban J connectivity index is 2.79. The van der Waals surface area contributed by atoms with Crippen LogP contribution < -0.4 is 0 Å². The van der Waals surface area contributed by atoms with Crippen LogP contribution in [0.3, 0.4) is 0 Å². The Morgan fingerprint density at radius 2 is 2.00 bits per heavy atom. The van der Waals surface area contributed by atoms with Gasteiger partial charge in [0.25, 0.3) is 0 Å². The number of amides is 1. The first-order valence-electron chi connectivity index (χ1n) is 6.46. The average Bonchev–Trinajstić information content (AvgIpc) is 2.35. The number of ether oxygens (including phenoxy) is 2. The molecule has 1 aliphatic rings. The Morgan fingerprint density at radius 3 is 2.47 bits per heavy atom. The van der Waals surface area contributed by atoms with Crippen LogP contribution in [0, 0.1) is 5.92 Å². The van der Waals surface area contributed by atoms with E-state index in [2.05, 4.69) is 0 Å². The maximum atomic E-state index is 12.1. The lowest BCUT2D eigenvalue weighted by atomic mass is 9.92. The summed E-state index contributed by atoms with van der Waals surface area (Å²) in [6.07, 6.45) is 0.547. The van der Waals surface area contributed by atoms with Gasteiger partial charge in [-0.05, 0) is 39.5 Å². The molecule has 1 saturated heterocycles. The minimum Gasteiger partial charge on any atom is -0.467 e. The van der Waals surface area contributed by atoms with Crippen LogP contribution in [0.2, 0.25) is 0 Å². The minimum atomic E-state index is -0.675. The Bertz CT molecular complexity index is 336. The van der Waals surface area contributed by atoms with E-state index in [0.29, 0.717) is 19.4 Å². The van der Waals surface area contributed by atoms with Crippen molar-refractivity contribution in [1.29, 1.82) is 0 Å². The number of nitrogens with zero attached hydrogens (tertiary/aromatic N) is 1. The third-order valence-electron chi connectivity index (χ3n) is 3.07. The number of hydrogen-bond acceptors (Lipinski definition) is 5. The van der Waals surface area contributed by atoms with E-state index in [1.165, 1.54) is 12.0 Å². The standard InChI is InChI=1S/C13H23NO5/c1-13(2,3)19-12(17)14-6-5-9(8-15)7-10(14)11(16)18-4/h9-10,15H,5-8H2,1-4H3/t9-,10+/m1/s1. The van der Waals surface area contributed by atoms with Crippen LogP contribution >= 0.6 is 0 Å². The first-order valence-corrected chi connectivity index (χ1v) is 6.46. The summed E-state index contributed by atoms with van der Waals surface area (Å²) in [5.41, 5.74) is -0.606. The number of aliphatic hydroxyl groups is 1. The summed E-state index contributed by atoms with van der Waals surface area (Å²) in [4.78, 5) is 25.2. The zero-order valence-electron chi connectivity index (χ0n) is 12.0. The van der Waals surface area contributed by atoms with Crippen LogP contribution in [0.5, 0.6) is 0 Å². The van der Waals surface area contributed by atoms with E-state index >= 15 is 0 Å². The monoisotopic (exact) mass is 273 g/mol. The number of piperidine rings is 1. The van der Waals surface area contributed by atoms with E-state index in [4.69, 9.17) is 9.47 Å². The summed E-state index contributed by atoms with van der Waals surface area (Å²) in [5.74, 6) is -0.452. The highest BCUT2D eigenvalue weighted by atomic mass is 16.6. The van der Waals surface area contributed by atoms with Gasteiger partial charge in [0.2, 0.25) is 0 Å². The lowest BCUT2D eigenvalue weighted by Gasteiger charge is -2.37. The van der Waals surface area contributed by atoms with Gasteiger partial charge in [-0.25, -0.2) is 9.59 Å². The van der Waals surface area contributed by atoms with Gasteiger partial charge in [0.1, 0.15) is 11.6 Å². The lowest BCUT2D eigenvalue weighted by molar-refractivity contribution is -0.149. The van der Waals surface area contributed by atoms with Gasteiger partial charge in [-0.15, -0.1) is 0 Å². The van der Waals surface area contributed by atoms with Crippen molar-refractivity contribution in [3.63, 3.8) is 0 Å². The Hall–Kier alpha value is -1.30. The molecule has 2 atom stereocenters. The predicted molar refractivity (Wildman–Crippen MR) is 68.6 cm³/mol. The number of likely N-dealkylation sites (tertiary alicyclic amines) is 1. The molecule has 0 aromatic rings. The maximum Gasteiger partial charge on any atom is 0.411 e. The molecule has 0 radical (unpaired) electrons. The molecule has 0 aliphatic carbocycles. The van der Waals surface area contributed by atoms with Crippen molar-refractivity contribution in [2.75, 3.05) is 20.3 Å². The van der Waals surface area contributed by atoms with Crippen LogP contribution in [0.15, 0.2) is 0 Å². The Kier molecular flexibility index (Phi) is 5.17. The lowest BCUT2D eigenvalue weighted by Crippen LogP contribution is -2.52. The first-order chi connectivity index (χ1) is 8.78. The molecule has 19 heavy (non-hydrogen) atoms. The van der Waals surface area contributed by atoms with Crippen molar-refractivity contribution in [1.82, 2.24) is 4.90 Å². The van der Waals surface area contributed by atoms with Gasteiger partial charge in [-0.1, -0.05) is 0 Å². The number of carbonyl (C=O) groups is 2. The van der Waals surface area contributed by atoms with Crippen molar-refractivity contribution < 1.29 is 24.2 Å². The molecular formula is C13H23NO5. The van der Waals surface area contributed by atoms with Gasteiger partial charge >= 0.3 is 12.1 Å². The SMILES string of the molecule is COC(=O)[C@@H]1C[C@H](CO)CCN1C(=O)OC(C)(C)C. The molecular weight excluding hydrogens is 250 g/mol. The number of rotatable bonds is 2. The highest BCUT2D eigenvalue weighted by Crippen LogP contribution is 2.25. The molecule has 1 rings (SSSR count). The average molecular weight is 273 g/mol. The summed E-state index contributed by atoms with van der Waals surface area (Å²) < 4.78 is 10.0. The molecule has 0 aromatic carbocycles. The van der Waals surface area contributed by atoms with Crippen LogP contribution in [-0.4, -0.2) is 54.0 Å². The molecule has 0 unspecified atom stereocenters. The van der Waals surface area contributed by atoms with E-state index in [-0.39, 0.29) is 12.5 Å². The fourth-order valence-corrected chi connectivity index (χ4v) is 2.10. The number of methoxy groups -OCH3 is 1. The van der Waals surface area contributed by atoms with E-state index in [9.17, 15) is 14.7 Å². The quantitative estimate of drug-likeness (QED) is 0.764. The molecule has 0 aromatic heterocycles. The summed E-state index contributed by atoms with van der Waals surface area (Å²) in [6.45, 7) is 5.73. The van der Waals surface area contributed by atoms with Crippen LogP contribution in [0.1, 0.15) is 33.6 Å². The van der Waals surface area contributed by atoms with E-state index < -0.39 is 23.7 Å². The zero-order chi connectivity index (χ0) is 14.6. The highest BCUT2D eigenvalue weighted by Gasteiger charge is 2.38. The molecule has 1 heterocycles. The van der Waals surface area contributed by atoms with Crippen molar-refractivity contribution >= 4 is 12.1 Å². The van der Waals surface area contributed by atoms with Crippen molar-refractivity contribution in [2.45, 2.75) is 45.3 Å². The summed E-state index contributed by atoms with van der Waals surface area (Å²) in [6, 6.07) is -0.675. The molecule has 1 N–H and O–H groups in total. The predicted octanol–water partition coefficient (Wildman–Crippen LogP) is 1.17. The molecule has 6 heteroatoms. The smallest absolute Gasteiger partial charge is 0.411 e. The van der Waals surface area contributed by atoms with E-state index in [1.807, 2.05) is 0 Å². The molecule has 1 fully saturated rings. The molecule has 0 bridgehead atoms. The topological polar surface area (TPSA) is 76.1 Å². The molecule has 1 aliphatic heterocycles. The van der Waals surface area contributed by atoms with Crippen molar-refractivity contribution in [3.8, 4) is 0 Å². The maximum absolute atomic E-state index is 12.1. The van der Waals surface area contributed by atoms with E-state index in [0.717, 1.165) is 0 Å². The molecule has 1 amide bonds. The third kappa shape index (κ3) is 4.38. The van der Waals surface area contributed by atoms with Gasteiger partial charge in [0.15, 0.2) is 0 Å². The van der Waals surface area contributed by atoms with Gasteiger partial charge in [-0.2, -0.15) is 0 Å². The largest absolute Gasteiger partial charge is 0.467 e. The van der Waals surface area contributed by atoms with Gasteiger partial charge < -0.3 is 14.6 Å². The highest BCUT2D eigenvalue weighted by molar-refractivity contribution is 5.81. The van der Waals surface area contributed by atoms with Crippen LogP contribution in [0.25, 0.3) is 0 Å². The van der Waals surface area contributed by atoms with Crippen LogP contribution in [-0.2, 0) is 14.3 Å². The van der Waals surface area contributed by atoms with Crippen molar-refractivity contribution in [2.24, 2.45) is 5.92 Å². The third-order valence-corrected chi connectivity index (χ3v) is 3.07. The van der Waals surface area contributed by atoms with Gasteiger partial charge in [0.05, 0.1) is 7.11 Å². The molecule has 0 saturated carbocycles. The number of carbonyl (C=O) groups excluding carboxylic acids is 2. The number of esters is 1. The minimum absolute atomic E-state index is 0.00958. The Labute approximate surface area is 113 Å². The second kappa shape index (κ2) is 6.23. The summed E-state index contributed by atoms with van der Waals surface area (Å²) >= 11 is 0. The molecule has 6 nitrogen and oxygen atoms in total. The molecule has 110 valence electrons. The second-order valence-electron chi connectivity index (χ2n) is 5.79. The van der Waals surface area contributed by atoms with E-state index in [1.54, 1.807) is 20.8 Å². The number of aliphatic hydroxyl groups excluding tert-OH is 1. The normalized spacial score (nSPS) is 23.9. The van der Waals surface area contributed by atoms with Gasteiger partial charge in [-0.3, -0.25) is 4.90 Å². The fourth-order valence-electron chi connectivity index (χ4n) is 2.10. The Morgan fingerprint density at radius 1 is 1.37 bits per heavy atom. The molecule has 0 spiro atoms. The summed E-state index contributed by atoms with van der Waals surface area (Å²) in [5, 5.41) is 9.19. The number of hydrogen-bond donors (Lipinski definition) is 1. The van der Waals surface area contributed by atoms with Gasteiger partial charge in [0, 0.05) is 13.2 Å². The fraction of sp³-hybridized carbons (Fsp3) is 0.846. The first kappa shape index (κ1) is 15.8.